The molecule has 352 valence electrons. The molecule has 1 aliphatic carbocycles. The van der Waals surface area contributed by atoms with E-state index in [1.54, 1.807) is 0 Å². The number of ether oxygens (including phenoxy) is 2. The smallest absolute Gasteiger partial charge is 0.462 e. The van der Waals surface area contributed by atoms with Crippen molar-refractivity contribution >= 4 is 19.8 Å². The molecule has 0 aromatic rings. The molecule has 0 spiro atoms. The van der Waals surface area contributed by atoms with Crippen LogP contribution in [0.2, 0.25) is 0 Å². The van der Waals surface area contributed by atoms with Gasteiger partial charge in [0.05, 0.1) is 6.61 Å². The van der Waals surface area contributed by atoms with Crippen molar-refractivity contribution in [2.45, 2.75) is 211 Å². The Hall–Kier alpha value is -2.45. The van der Waals surface area contributed by atoms with E-state index in [0.29, 0.717) is 19.3 Å². The Kier molecular flexibility index (Phi) is 34.3. The molecule has 0 aliphatic heterocycles. The number of esters is 2. The fourth-order valence-electron chi connectivity index (χ4n) is 6.62. The van der Waals surface area contributed by atoms with E-state index in [1.165, 1.54) is 57.8 Å². The molecular formula is C47H81O13P. The number of hydrogen-bond donors (Lipinski definition) is 6. The Bertz CT molecular complexity index is 1300. The zero-order valence-corrected chi connectivity index (χ0v) is 38.1. The molecule has 6 N–H and O–H groups in total. The summed E-state index contributed by atoms with van der Waals surface area (Å²) < 4.78 is 33.5. The van der Waals surface area contributed by atoms with Crippen molar-refractivity contribution in [2.24, 2.45) is 0 Å². The van der Waals surface area contributed by atoms with Crippen LogP contribution in [0.1, 0.15) is 168 Å². The molecule has 0 heterocycles. The van der Waals surface area contributed by atoms with Crippen molar-refractivity contribution < 1.29 is 63.1 Å². The van der Waals surface area contributed by atoms with Gasteiger partial charge in [0, 0.05) is 12.8 Å². The maximum absolute atomic E-state index is 12.8. The molecule has 0 bridgehead atoms. The van der Waals surface area contributed by atoms with Crippen LogP contribution in [0.15, 0.2) is 60.8 Å². The van der Waals surface area contributed by atoms with Gasteiger partial charge in [0.15, 0.2) is 6.10 Å². The second-order valence-corrected chi connectivity index (χ2v) is 17.3. The van der Waals surface area contributed by atoms with Gasteiger partial charge in [-0.05, 0) is 77.0 Å². The summed E-state index contributed by atoms with van der Waals surface area (Å²) in [6, 6.07) is 0. The summed E-state index contributed by atoms with van der Waals surface area (Å²) in [5.41, 5.74) is 0. The highest BCUT2D eigenvalue weighted by Gasteiger charge is 2.51. The van der Waals surface area contributed by atoms with Gasteiger partial charge in [-0.2, -0.15) is 0 Å². The molecule has 1 fully saturated rings. The highest BCUT2D eigenvalue weighted by Crippen LogP contribution is 2.47. The summed E-state index contributed by atoms with van der Waals surface area (Å²) in [4.78, 5) is 35.7. The normalized spacial score (nSPS) is 22.6. The van der Waals surface area contributed by atoms with E-state index >= 15 is 0 Å². The SMILES string of the molecule is CC/C=C\C/C=C\C/C=C\C/C=C\CCCCC(=O)OC(COC(=O)CCCCCCCCC/C=C\CCCCCCCC)COP(=O)(O)OC1C(O)C(O)C(O)C(O)C1O. The van der Waals surface area contributed by atoms with Gasteiger partial charge in [-0.15, -0.1) is 0 Å². The number of allylic oxidation sites excluding steroid dienone is 10. The molecule has 61 heavy (non-hydrogen) atoms. The Morgan fingerprint density at radius 1 is 0.525 bits per heavy atom. The molecule has 13 nitrogen and oxygen atoms in total. The standard InChI is InChI=1S/C47H81O13P/c1-3-5-7-9-11-13-15-17-19-20-22-23-25-27-29-31-33-35-40(48)57-37-39(38-58-61(55,56)60-47-45(53)43(51)42(50)44(52)46(47)54)59-41(49)36-34-32-30-28-26-24-21-18-16-14-12-10-8-6-4-2/h6,8,12,14,17-19,21,26,28,39,42-47,50-54H,3-5,7,9-11,13,15-16,20,22-25,27,29-38H2,1-2H3,(H,55,56)/b8-6-,14-12-,19-17-,21-18-,28-26-. The van der Waals surface area contributed by atoms with E-state index in [-0.39, 0.29) is 12.8 Å². The van der Waals surface area contributed by atoms with Crippen LogP contribution in [0.3, 0.4) is 0 Å². The Morgan fingerprint density at radius 2 is 0.934 bits per heavy atom. The lowest BCUT2D eigenvalue weighted by molar-refractivity contribution is -0.220. The first kappa shape index (κ1) is 56.6. The van der Waals surface area contributed by atoms with E-state index in [0.717, 1.165) is 64.2 Å². The zero-order chi connectivity index (χ0) is 45.0. The van der Waals surface area contributed by atoms with Crippen molar-refractivity contribution in [2.75, 3.05) is 13.2 Å². The number of phosphoric acid groups is 1. The molecule has 0 aromatic heterocycles. The van der Waals surface area contributed by atoms with Crippen LogP contribution in [0, 0.1) is 0 Å². The van der Waals surface area contributed by atoms with Gasteiger partial charge in [0.25, 0.3) is 0 Å². The average molecular weight is 885 g/mol. The number of phosphoric ester groups is 1. The fraction of sp³-hybridized carbons (Fsp3) is 0.745. The molecule has 1 rings (SSSR count). The molecule has 1 saturated carbocycles. The molecule has 0 saturated heterocycles. The van der Waals surface area contributed by atoms with Crippen LogP contribution < -0.4 is 0 Å². The molecular weight excluding hydrogens is 803 g/mol. The van der Waals surface area contributed by atoms with Gasteiger partial charge in [-0.3, -0.25) is 18.6 Å². The maximum Gasteiger partial charge on any atom is 0.472 e. The van der Waals surface area contributed by atoms with Gasteiger partial charge >= 0.3 is 19.8 Å². The van der Waals surface area contributed by atoms with Crippen molar-refractivity contribution in [1.29, 1.82) is 0 Å². The number of carbonyl (C=O) groups excluding carboxylic acids is 2. The lowest BCUT2D eigenvalue weighted by atomic mass is 9.85. The summed E-state index contributed by atoms with van der Waals surface area (Å²) in [5.74, 6) is -1.16. The van der Waals surface area contributed by atoms with Crippen LogP contribution in [0.5, 0.6) is 0 Å². The van der Waals surface area contributed by atoms with E-state index in [9.17, 15) is 44.6 Å². The first-order valence-electron chi connectivity index (χ1n) is 23.1. The highest BCUT2D eigenvalue weighted by atomic mass is 31.2. The molecule has 0 aromatic carbocycles. The summed E-state index contributed by atoms with van der Waals surface area (Å²) in [5, 5.41) is 50.1. The van der Waals surface area contributed by atoms with Crippen molar-refractivity contribution in [3.63, 3.8) is 0 Å². The third-order valence-corrected chi connectivity index (χ3v) is 11.3. The summed E-state index contributed by atoms with van der Waals surface area (Å²) in [7, 11) is -5.13. The summed E-state index contributed by atoms with van der Waals surface area (Å²) in [6.07, 6.45) is 31.4. The zero-order valence-electron chi connectivity index (χ0n) is 37.2. The average Bonchev–Trinajstić information content (AvgIpc) is 3.24. The quantitative estimate of drug-likeness (QED) is 0.0149. The van der Waals surface area contributed by atoms with Gasteiger partial charge in [-0.25, -0.2) is 4.57 Å². The van der Waals surface area contributed by atoms with Crippen LogP contribution >= 0.6 is 7.82 Å². The third kappa shape index (κ3) is 29.5. The van der Waals surface area contributed by atoms with Gasteiger partial charge < -0.3 is 39.9 Å². The Labute approximate surface area is 366 Å². The van der Waals surface area contributed by atoms with E-state index in [4.69, 9.17) is 18.5 Å². The number of unbranched alkanes of at least 4 members (excludes halogenated alkanes) is 15. The lowest BCUT2D eigenvalue weighted by Crippen LogP contribution is -2.64. The predicted octanol–water partition coefficient (Wildman–Crippen LogP) is 8.94. The lowest BCUT2D eigenvalue weighted by Gasteiger charge is -2.41. The second-order valence-electron chi connectivity index (χ2n) is 15.9. The second kappa shape index (κ2) is 37.0. The van der Waals surface area contributed by atoms with Crippen molar-refractivity contribution in [1.82, 2.24) is 0 Å². The largest absolute Gasteiger partial charge is 0.472 e. The molecule has 14 heteroatoms. The molecule has 0 amide bonds. The predicted molar refractivity (Wildman–Crippen MR) is 239 cm³/mol. The number of aliphatic hydroxyl groups is 5. The Balaban J connectivity index is 2.49. The minimum Gasteiger partial charge on any atom is -0.462 e. The van der Waals surface area contributed by atoms with E-state index in [2.05, 4.69) is 68.5 Å². The maximum atomic E-state index is 12.8. The number of carbonyl (C=O) groups is 2. The monoisotopic (exact) mass is 885 g/mol. The van der Waals surface area contributed by atoms with E-state index < -0.39 is 75.7 Å². The Morgan fingerprint density at radius 3 is 1.48 bits per heavy atom. The topological polar surface area (TPSA) is 210 Å². The third-order valence-electron chi connectivity index (χ3n) is 10.3. The summed E-state index contributed by atoms with van der Waals surface area (Å²) in [6.45, 7) is 3.13. The first-order chi connectivity index (χ1) is 29.4. The van der Waals surface area contributed by atoms with Gasteiger partial charge in [0.1, 0.15) is 43.2 Å². The van der Waals surface area contributed by atoms with Crippen LogP contribution in [-0.4, -0.2) is 98.3 Å². The van der Waals surface area contributed by atoms with Gasteiger partial charge in [0.2, 0.25) is 0 Å². The minimum absolute atomic E-state index is 0.0414. The molecule has 0 radical (unpaired) electrons. The van der Waals surface area contributed by atoms with Crippen molar-refractivity contribution in [3.8, 4) is 0 Å². The molecule has 6 unspecified atom stereocenters. The van der Waals surface area contributed by atoms with E-state index in [1.807, 2.05) is 6.08 Å². The summed E-state index contributed by atoms with van der Waals surface area (Å²) >= 11 is 0. The minimum atomic E-state index is -5.13. The van der Waals surface area contributed by atoms with Crippen LogP contribution in [0.4, 0.5) is 0 Å². The number of aliphatic hydroxyl groups excluding tert-OH is 5. The number of hydrogen-bond acceptors (Lipinski definition) is 12. The number of rotatable bonds is 37. The van der Waals surface area contributed by atoms with Gasteiger partial charge in [-0.1, -0.05) is 139 Å². The first-order valence-corrected chi connectivity index (χ1v) is 24.6. The molecule has 6 atom stereocenters. The molecule has 1 aliphatic rings. The van der Waals surface area contributed by atoms with Crippen LogP contribution in [0.25, 0.3) is 0 Å². The van der Waals surface area contributed by atoms with Crippen LogP contribution in [-0.2, 0) is 32.7 Å². The van der Waals surface area contributed by atoms with Crippen molar-refractivity contribution in [3.05, 3.63) is 60.8 Å². The fourth-order valence-corrected chi connectivity index (χ4v) is 7.60. The highest BCUT2D eigenvalue weighted by molar-refractivity contribution is 7.47.